The molecule has 0 aliphatic rings. The van der Waals surface area contributed by atoms with Crippen molar-refractivity contribution in [2.24, 2.45) is 10.2 Å². The van der Waals surface area contributed by atoms with Crippen molar-refractivity contribution >= 4 is 46.3 Å². The monoisotopic (exact) mass is 469 g/mol. The largest absolute Gasteiger partial charge is 0.495 e. The molecule has 0 aromatic heterocycles. The van der Waals surface area contributed by atoms with E-state index in [0.29, 0.717) is 17.2 Å². The zero-order valence-electron chi connectivity index (χ0n) is 17.5. The van der Waals surface area contributed by atoms with Crippen LogP contribution in [0.3, 0.4) is 0 Å². The summed E-state index contributed by atoms with van der Waals surface area (Å²) >= 11 is 12.2. The van der Waals surface area contributed by atoms with Gasteiger partial charge in [-0.2, -0.15) is 10.2 Å². The molecule has 1 unspecified atom stereocenters. The zero-order chi connectivity index (χ0) is 23.1. The third-order valence-corrected chi connectivity index (χ3v) is 4.75. The first-order chi connectivity index (χ1) is 14.7. The second-order valence-electron chi connectivity index (χ2n) is 6.07. The summed E-state index contributed by atoms with van der Waals surface area (Å²) in [5.41, 5.74) is 0.525. The molecule has 0 aliphatic carbocycles. The highest BCUT2D eigenvalue weighted by molar-refractivity contribution is 6.33. The number of methoxy groups -OCH3 is 4. The molecule has 0 saturated carbocycles. The molecule has 0 spiro atoms. The predicted molar refractivity (Wildman–Crippen MR) is 117 cm³/mol. The SMILES string of the molecule is COc1cc(OC)c(N=NC(C(C)=O)C(=O)Nc2cc(OC)c(Cl)c(OC)c2)cc1Cl. The quantitative estimate of drug-likeness (QED) is 0.420. The molecule has 166 valence electrons. The molecule has 1 N–H and O–H groups in total. The van der Waals surface area contributed by atoms with Gasteiger partial charge in [-0.3, -0.25) is 9.59 Å². The highest BCUT2D eigenvalue weighted by Crippen LogP contribution is 2.38. The number of halogens is 2. The van der Waals surface area contributed by atoms with Crippen LogP contribution in [0.5, 0.6) is 23.0 Å². The molecule has 0 fully saturated rings. The maximum atomic E-state index is 12.7. The number of ether oxygens (including phenoxy) is 4. The summed E-state index contributed by atoms with van der Waals surface area (Å²) in [7, 11) is 5.73. The number of hydrogen-bond donors (Lipinski definition) is 1. The van der Waals surface area contributed by atoms with Crippen LogP contribution in [0.25, 0.3) is 0 Å². The second-order valence-corrected chi connectivity index (χ2v) is 6.86. The number of carbonyl (C=O) groups excluding carboxylic acids is 2. The van der Waals surface area contributed by atoms with Gasteiger partial charge in [0.2, 0.25) is 6.04 Å². The molecular weight excluding hydrogens is 449 g/mol. The van der Waals surface area contributed by atoms with Crippen molar-refractivity contribution in [1.29, 1.82) is 0 Å². The molecule has 2 rings (SSSR count). The van der Waals surface area contributed by atoms with Crippen molar-refractivity contribution in [3.8, 4) is 23.0 Å². The van der Waals surface area contributed by atoms with Crippen LogP contribution in [0.1, 0.15) is 6.92 Å². The third-order valence-electron chi connectivity index (χ3n) is 4.08. The molecule has 0 bridgehead atoms. The summed E-state index contributed by atoms with van der Waals surface area (Å²) < 4.78 is 20.7. The van der Waals surface area contributed by atoms with E-state index >= 15 is 0 Å². The second kappa shape index (κ2) is 10.8. The van der Waals surface area contributed by atoms with Crippen molar-refractivity contribution in [3.05, 3.63) is 34.3 Å². The van der Waals surface area contributed by atoms with Crippen LogP contribution in [-0.4, -0.2) is 46.2 Å². The minimum absolute atomic E-state index is 0.224. The fourth-order valence-corrected chi connectivity index (χ4v) is 3.01. The molecule has 0 heterocycles. The van der Waals surface area contributed by atoms with Crippen molar-refractivity contribution < 1.29 is 28.5 Å². The van der Waals surface area contributed by atoms with Gasteiger partial charge < -0.3 is 24.3 Å². The molecule has 9 nitrogen and oxygen atoms in total. The van der Waals surface area contributed by atoms with Crippen LogP contribution in [-0.2, 0) is 9.59 Å². The van der Waals surface area contributed by atoms with E-state index < -0.39 is 17.7 Å². The van der Waals surface area contributed by atoms with E-state index in [1.165, 1.54) is 59.6 Å². The lowest BCUT2D eigenvalue weighted by molar-refractivity contribution is -0.126. The van der Waals surface area contributed by atoms with Crippen LogP contribution >= 0.6 is 23.2 Å². The van der Waals surface area contributed by atoms with Gasteiger partial charge >= 0.3 is 0 Å². The summed E-state index contributed by atoms with van der Waals surface area (Å²) in [5.74, 6) is 0.0303. The molecule has 1 atom stereocenters. The fourth-order valence-electron chi connectivity index (χ4n) is 2.51. The van der Waals surface area contributed by atoms with E-state index in [0.717, 1.165) is 0 Å². The fraction of sp³-hybridized carbons (Fsp3) is 0.300. The summed E-state index contributed by atoms with van der Waals surface area (Å²) in [5, 5.41) is 11.0. The Balaban J connectivity index is 2.32. The van der Waals surface area contributed by atoms with E-state index in [9.17, 15) is 9.59 Å². The number of rotatable bonds is 9. The van der Waals surface area contributed by atoms with Crippen LogP contribution < -0.4 is 24.3 Å². The van der Waals surface area contributed by atoms with E-state index in [1.807, 2.05) is 0 Å². The number of Topliss-reactive ketones (excluding diaryl/α,β-unsaturated/α-hetero) is 1. The average molecular weight is 470 g/mol. The lowest BCUT2D eigenvalue weighted by atomic mass is 10.2. The molecular formula is C20H21Cl2N3O6. The van der Waals surface area contributed by atoms with Gasteiger partial charge in [0.25, 0.3) is 5.91 Å². The minimum atomic E-state index is -1.42. The first kappa shape index (κ1) is 24.2. The summed E-state index contributed by atoms with van der Waals surface area (Å²) in [4.78, 5) is 24.8. The zero-order valence-corrected chi connectivity index (χ0v) is 19.0. The molecule has 0 radical (unpaired) electrons. The highest BCUT2D eigenvalue weighted by Gasteiger charge is 2.24. The Hall–Kier alpha value is -3.04. The number of nitrogens with one attached hydrogen (secondary N) is 1. The van der Waals surface area contributed by atoms with Gasteiger partial charge in [0.15, 0.2) is 5.78 Å². The number of anilines is 1. The first-order valence-corrected chi connectivity index (χ1v) is 9.56. The molecule has 0 aliphatic heterocycles. The maximum Gasteiger partial charge on any atom is 0.258 e. The van der Waals surface area contributed by atoms with Gasteiger partial charge in [-0.25, -0.2) is 0 Å². The Bertz CT molecular complexity index is 988. The number of hydrogen-bond acceptors (Lipinski definition) is 8. The number of amides is 1. The average Bonchev–Trinajstić information content (AvgIpc) is 2.74. The van der Waals surface area contributed by atoms with Gasteiger partial charge in [-0.15, -0.1) is 0 Å². The third kappa shape index (κ3) is 5.77. The molecule has 31 heavy (non-hydrogen) atoms. The first-order valence-electron chi connectivity index (χ1n) is 8.80. The highest BCUT2D eigenvalue weighted by atomic mass is 35.5. The smallest absolute Gasteiger partial charge is 0.258 e. The van der Waals surface area contributed by atoms with Crippen LogP contribution in [0.4, 0.5) is 11.4 Å². The van der Waals surface area contributed by atoms with E-state index in [-0.39, 0.29) is 27.2 Å². The molecule has 2 aromatic rings. The van der Waals surface area contributed by atoms with Gasteiger partial charge in [-0.05, 0) is 13.0 Å². The number of azo groups is 1. The van der Waals surface area contributed by atoms with E-state index in [2.05, 4.69) is 15.5 Å². The number of nitrogens with zero attached hydrogens (tertiary/aromatic N) is 2. The Morgan fingerprint density at radius 3 is 1.90 bits per heavy atom. The molecule has 1 amide bonds. The molecule has 11 heteroatoms. The van der Waals surface area contributed by atoms with Crippen LogP contribution in [0, 0.1) is 0 Å². The van der Waals surface area contributed by atoms with Crippen LogP contribution in [0.2, 0.25) is 10.0 Å². The standard InChI is InChI=1S/C20H21Cl2N3O6/c1-10(26)19(25-24-13-8-12(21)14(28-2)9-15(13)29-3)20(27)23-11-6-16(30-4)18(22)17(7-11)31-5/h6-9,19H,1-5H3,(H,23,27). The summed E-state index contributed by atoms with van der Waals surface area (Å²) in [6.07, 6.45) is 0. The lowest BCUT2D eigenvalue weighted by Crippen LogP contribution is -2.31. The van der Waals surface area contributed by atoms with Gasteiger partial charge in [0.1, 0.15) is 33.7 Å². The van der Waals surface area contributed by atoms with Gasteiger partial charge in [-0.1, -0.05) is 23.2 Å². The number of ketones is 1. The predicted octanol–water partition coefficient (Wildman–Crippen LogP) is 4.71. The number of benzene rings is 2. The Morgan fingerprint density at radius 1 is 0.871 bits per heavy atom. The van der Waals surface area contributed by atoms with Crippen molar-refractivity contribution in [2.45, 2.75) is 13.0 Å². The van der Waals surface area contributed by atoms with E-state index in [4.69, 9.17) is 42.1 Å². The minimum Gasteiger partial charge on any atom is -0.495 e. The summed E-state index contributed by atoms with van der Waals surface area (Å²) in [6, 6.07) is 4.53. The lowest BCUT2D eigenvalue weighted by Gasteiger charge is -2.14. The molecule has 2 aromatic carbocycles. The maximum absolute atomic E-state index is 12.7. The Kier molecular flexibility index (Phi) is 8.47. The summed E-state index contributed by atoms with van der Waals surface area (Å²) in [6.45, 7) is 1.23. The van der Waals surface area contributed by atoms with Gasteiger partial charge in [0, 0.05) is 23.9 Å². The normalized spacial score (nSPS) is 11.7. The topological polar surface area (TPSA) is 108 Å². The van der Waals surface area contributed by atoms with Crippen molar-refractivity contribution in [3.63, 3.8) is 0 Å². The Morgan fingerprint density at radius 2 is 1.42 bits per heavy atom. The molecule has 0 saturated heterocycles. The Labute approximate surface area is 189 Å². The van der Waals surface area contributed by atoms with Gasteiger partial charge in [0.05, 0.1) is 33.5 Å². The van der Waals surface area contributed by atoms with Crippen molar-refractivity contribution in [1.82, 2.24) is 0 Å². The number of carbonyl (C=O) groups is 2. The van der Waals surface area contributed by atoms with Crippen molar-refractivity contribution in [2.75, 3.05) is 33.8 Å². The van der Waals surface area contributed by atoms with Crippen LogP contribution in [0.15, 0.2) is 34.5 Å². The van der Waals surface area contributed by atoms with E-state index in [1.54, 1.807) is 0 Å².